The summed E-state index contributed by atoms with van der Waals surface area (Å²) in [6.07, 6.45) is -0.146. The third kappa shape index (κ3) is 4.94. The van der Waals surface area contributed by atoms with Gasteiger partial charge in [0, 0.05) is 19.2 Å². The summed E-state index contributed by atoms with van der Waals surface area (Å²) in [5.41, 5.74) is 0.521. The van der Waals surface area contributed by atoms with Gasteiger partial charge < -0.3 is 9.84 Å². The van der Waals surface area contributed by atoms with E-state index in [4.69, 9.17) is 4.74 Å². The Morgan fingerprint density at radius 1 is 1.35 bits per heavy atom. The maximum absolute atomic E-state index is 12.0. The van der Waals surface area contributed by atoms with E-state index >= 15 is 0 Å². The van der Waals surface area contributed by atoms with Crippen LogP contribution in [-0.2, 0) is 16.1 Å². The second-order valence-electron chi connectivity index (χ2n) is 5.26. The number of carbonyl (C=O) groups excluding carboxylic acids is 1. The number of nitrogens with zero attached hydrogens (tertiary/aromatic N) is 2. The number of hydrogen-bond acceptors (Lipinski definition) is 5. The summed E-state index contributed by atoms with van der Waals surface area (Å²) in [5, 5.41) is 19.8. The molecule has 0 unspecified atom stereocenters. The number of likely N-dealkylation sites (N-methyl/N-ethyl adjacent to an activating group) is 1. The number of non-ortho nitro benzene ring substituents is 1. The van der Waals surface area contributed by atoms with Crippen molar-refractivity contribution in [2.24, 2.45) is 5.92 Å². The van der Waals surface area contributed by atoms with Crippen LogP contribution >= 0.6 is 0 Å². The van der Waals surface area contributed by atoms with Crippen LogP contribution in [0, 0.1) is 16.0 Å². The van der Waals surface area contributed by atoms with Gasteiger partial charge in [-0.25, -0.2) is 9.59 Å². The van der Waals surface area contributed by atoms with E-state index in [0.717, 1.165) is 4.90 Å². The predicted molar refractivity (Wildman–Crippen MR) is 81.9 cm³/mol. The molecule has 1 N–H and O–H groups in total. The quantitative estimate of drug-likeness (QED) is 0.610. The maximum Gasteiger partial charge on any atom is 0.410 e. The molecule has 0 saturated heterocycles. The molecular weight excluding hydrogens is 304 g/mol. The average molecular weight is 324 g/mol. The van der Waals surface area contributed by atoms with Crippen LogP contribution in [0.3, 0.4) is 0 Å². The summed E-state index contributed by atoms with van der Waals surface area (Å²) < 4.78 is 5.07. The van der Waals surface area contributed by atoms with Crippen molar-refractivity contribution in [3.8, 4) is 0 Å². The fraction of sp³-hybridized carbons (Fsp3) is 0.467. The van der Waals surface area contributed by atoms with Gasteiger partial charge >= 0.3 is 12.1 Å². The topological polar surface area (TPSA) is 110 Å². The first-order chi connectivity index (χ1) is 10.8. The number of carboxylic acids is 1. The summed E-state index contributed by atoms with van der Waals surface area (Å²) in [4.78, 5) is 34.4. The number of aliphatic carboxylic acids is 1. The lowest BCUT2D eigenvalue weighted by Gasteiger charge is -2.28. The van der Waals surface area contributed by atoms with E-state index in [0.29, 0.717) is 12.0 Å². The Hall–Kier alpha value is -2.64. The highest BCUT2D eigenvalue weighted by molar-refractivity contribution is 5.80. The van der Waals surface area contributed by atoms with Gasteiger partial charge in [-0.15, -0.1) is 0 Å². The Kier molecular flexibility index (Phi) is 6.49. The molecule has 2 atom stereocenters. The number of nitro groups is 1. The lowest BCUT2D eigenvalue weighted by molar-refractivity contribution is -0.384. The number of nitro benzene ring substituents is 1. The summed E-state index contributed by atoms with van der Waals surface area (Å²) in [7, 11) is 1.38. The zero-order chi connectivity index (χ0) is 17.6. The number of hydrogen-bond donors (Lipinski definition) is 1. The highest BCUT2D eigenvalue weighted by Crippen LogP contribution is 2.16. The monoisotopic (exact) mass is 324 g/mol. The second kappa shape index (κ2) is 8.11. The zero-order valence-corrected chi connectivity index (χ0v) is 13.3. The van der Waals surface area contributed by atoms with Gasteiger partial charge in [0.05, 0.1) is 4.92 Å². The molecule has 0 aromatic heterocycles. The first-order valence-corrected chi connectivity index (χ1v) is 7.13. The number of benzene rings is 1. The van der Waals surface area contributed by atoms with Crippen LogP contribution in [0.1, 0.15) is 25.8 Å². The molecule has 1 rings (SSSR count). The molecule has 8 nitrogen and oxygen atoms in total. The van der Waals surface area contributed by atoms with Gasteiger partial charge in [0.2, 0.25) is 0 Å². The van der Waals surface area contributed by atoms with E-state index in [9.17, 15) is 24.8 Å². The van der Waals surface area contributed by atoms with E-state index in [1.165, 1.54) is 31.3 Å². The van der Waals surface area contributed by atoms with E-state index in [-0.39, 0.29) is 18.2 Å². The molecule has 1 amide bonds. The van der Waals surface area contributed by atoms with Crippen LogP contribution in [-0.4, -0.2) is 40.1 Å². The third-order valence-electron chi connectivity index (χ3n) is 3.65. The molecule has 0 heterocycles. The zero-order valence-electron chi connectivity index (χ0n) is 13.3. The van der Waals surface area contributed by atoms with E-state index in [1.54, 1.807) is 6.92 Å². The van der Waals surface area contributed by atoms with E-state index in [2.05, 4.69) is 0 Å². The molecule has 23 heavy (non-hydrogen) atoms. The van der Waals surface area contributed by atoms with E-state index in [1.807, 2.05) is 6.92 Å². The first kappa shape index (κ1) is 18.4. The molecule has 8 heteroatoms. The number of ether oxygens (including phenoxy) is 1. The lowest BCUT2D eigenvalue weighted by Crippen LogP contribution is -2.46. The van der Waals surface area contributed by atoms with Crippen molar-refractivity contribution in [1.29, 1.82) is 0 Å². The van der Waals surface area contributed by atoms with Crippen LogP contribution in [0.2, 0.25) is 0 Å². The highest BCUT2D eigenvalue weighted by atomic mass is 16.6. The predicted octanol–water partition coefficient (Wildman–Crippen LogP) is 2.66. The van der Waals surface area contributed by atoms with Crippen molar-refractivity contribution >= 4 is 17.7 Å². The minimum absolute atomic E-state index is 0.0556. The van der Waals surface area contributed by atoms with Gasteiger partial charge in [0.25, 0.3) is 5.69 Å². The second-order valence-corrected chi connectivity index (χ2v) is 5.26. The largest absolute Gasteiger partial charge is 0.480 e. The Labute approximate surface area is 133 Å². The average Bonchev–Trinajstić information content (AvgIpc) is 2.52. The van der Waals surface area contributed by atoms with Gasteiger partial charge in [-0.3, -0.25) is 15.0 Å². The van der Waals surface area contributed by atoms with Crippen LogP contribution in [0.15, 0.2) is 24.3 Å². The summed E-state index contributed by atoms with van der Waals surface area (Å²) in [6.45, 7) is 3.50. The smallest absolute Gasteiger partial charge is 0.410 e. The Balaban J connectivity index is 2.67. The van der Waals surface area contributed by atoms with Crippen molar-refractivity contribution < 1.29 is 24.4 Å². The molecule has 0 aliphatic carbocycles. The maximum atomic E-state index is 12.0. The third-order valence-corrected chi connectivity index (χ3v) is 3.65. The minimum atomic E-state index is -1.09. The molecule has 0 fully saturated rings. The molecule has 0 saturated carbocycles. The van der Waals surface area contributed by atoms with Gasteiger partial charge in [0.15, 0.2) is 0 Å². The fourth-order valence-electron chi connectivity index (χ4n) is 2.09. The van der Waals surface area contributed by atoms with Crippen LogP contribution in [0.5, 0.6) is 0 Å². The fourth-order valence-corrected chi connectivity index (χ4v) is 2.09. The SMILES string of the molecule is CC[C@H](C)[C@@H](C(=O)O)N(C)C(=O)OCc1ccc([N+](=O)[O-])cc1. The molecule has 1 aromatic rings. The van der Waals surface area contributed by atoms with Gasteiger partial charge in [0.1, 0.15) is 12.6 Å². The normalized spacial score (nSPS) is 13.0. The summed E-state index contributed by atoms with van der Waals surface area (Å²) >= 11 is 0. The number of amides is 1. The Bertz CT molecular complexity index is 572. The van der Waals surface area contributed by atoms with Crippen LogP contribution in [0.25, 0.3) is 0 Å². The standard InChI is InChI=1S/C15H20N2O6/c1-4-10(2)13(14(18)19)16(3)15(20)23-9-11-5-7-12(8-6-11)17(21)22/h5-8,10,13H,4,9H2,1-3H3,(H,18,19)/t10-,13-/m0/s1. The molecule has 126 valence electrons. The van der Waals surface area contributed by atoms with E-state index < -0.39 is 23.0 Å². The molecule has 0 spiro atoms. The van der Waals surface area contributed by atoms with Crippen molar-refractivity contribution in [2.45, 2.75) is 32.9 Å². The van der Waals surface area contributed by atoms with Crippen LogP contribution in [0.4, 0.5) is 10.5 Å². The van der Waals surface area contributed by atoms with Gasteiger partial charge in [-0.05, 0) is 23.6 Å². The number of rotatable bonds is 7. The lowest BCUT2D eigenvalue weighted by atomic mass is 9.98. The van der Waals surface area contributed by atoms with Crippen molar-refractivity contribution in [2.75, 3.05) is 7.05 Å². The van der Waals surface area contributed by atoms with Crippen LogP contribution < -0.4 is 0 Å². The van der Waals surface area contributed by atoms with Crippen molar-refractivity contribution in [1.82, 2.24) is 4.90 Å². The molecule has 0 aliphatic heterocycles. The molecule has 0 bridgehead atoms. The molecular formula is C15H20N2O6. The number of carbonyl (C=O) groups is 2. The highest BCUT2D eigenvalue weighted by Gasteiger charge is 2.31. The van der Waals surface area contributed by atoms with Crippen molar-refractivity contribution in [3.05, 3.63) is 39.9 Å². The molecule has 1 aromatic carbocycles. The molecule has 0 aliphatic rings. The first-order valence-electron chi connectivity index (χ1n) is 7.13. The summed E-state index contributed by atoms with van der Waals surface area (Å²) in [5.74, 6) is -1.31. The molecule has 0 radical (unpaired) electrons. The Morgan fingerprint density at radius 2 is 1.91 bits per heavy atom. The van der Waals surface area contributed by atoms with Gasteiger partial charge in [-0.1, -0.05) is 20.3 Å². The minimum Gasteiger partial charge on any atom is -0.480 e. The van der Waals surface area contributed by atoms with Crippen molar-refractivity contribution in [3.63, 3.8) is 0 Å². The Morgan fingerprint density at radius 3 is 2.35 bits per heavy atom. The summed E-state index contributed by atoms with van der Waals surface area (Å²) in [6, 6.07) is 4.62. The number of carboxylic acid groups (broad SMARTS) is 1. The van der Waals surface area contributed by atoms with Gasteiger partial charge in [-0.2, -0.15) is 0 Å².